The number of rotatable bonds is 6. The van der Waals surface area contributed by atoms with Crippen LogP contribution in [0.5, 0.6) is 0 Å². The Hall–Kier alpha value is -0.860. The molecule has 0 aromatic heterocycles. The van der Waals surface area contributed by atoms with Crippen LogP contribution >= 0.6 is 0 Å². The van der Waals surface area contributed by atoms with E-state index in [4.69, 9.17) is 0 Å². The quantitative estimate of drug-likeness (QED) is 0.518. The molecule has 164 valence electrons. The summed E-state index contributed by atoms with van der Waals surface area (Å²) in [5.41, 5.74) is 4.02. The summed E-state index contributed by atoms with van der Waals surface area (Å²) in [6, 6.07) is 0. The SMILES string of the molecule is C=C1CC[C@@H](O)C/C1=C\C=C1\CCC[C@@]2(C)C1CCC2[C@H](C)CCCC(C)(C)O. The molecule has 3 fully saturated rings. The maximum atomic E-state index is 10.0. The maximum absolute atomic E-state index is 10.0. The summed E-state index contributed by atoms with van der Waals surface area (Å²) in [6.07, 6.45) is 16.9. The summed E-state index contributed by atoms with van der Waals surface area (Å²) in [5, 5.41) is 20.1. The molecule has 2 N–H and O–H groups in total. The highest BCUT2D eigenvalue weighted by Gasteiger charge is 2.50. The third-order valence-corrected chi connectivity index (χ3v) is 8.36. The molecule has 0 heterocycles. The van der Waals surface area contributed by atoms with Crippen LogP contribution in [-0.2, 0) is 0 Å². The fourth-order valence-electron chi connectivity index (χ4n) is 6.67. The minimum Gasteiger partial charge on any atom is -0.393 e. The smallest absolute Gasteiger partial charge is 0.0591 e. The average Bonchev–Trinajstić information content (AvgIpc) is 2.99. The first kappa shape index (κ1) is 22.8. The van der Waals surface area contributed by atoms with Gasteiger partial charge in [0.15, 0.2) is 0 Å². The number of hydrogen-bond donors (Lipinski definition) is 2. The molecule has 2 nitrogen and oxygen atoms in total. The lowest BCUT2D eigenvalue weighted by Gasteiger charge is -2.44. The Balaban J connectivity index is 1.68. The maximum Gasteiger partial charge on any atom is 0.0591 e. The van der Waals surface area contributed by atoms with Gasteiger partial charge in [-0.25, -0.2) is 0 Å². The predicted molar refractivity (Wildman–Crippen MR) is 123 cm³/mol. The Bertz CT molecular complexity index is 650. The molecule has 0 spiro atoms. The Morgan fingerprint density at radius 2 is 1.97 bits per heavy atom. The van der Waals surface area contributed by atoms with E-state index in [2.05, 4.69) is 32.6 Å². The van der Waals surface area contributed by atoms with Crippen molar-refractivity contribution in [1.82, 2.24) is 0 Å². The van der Waals surface area contributed by atoms with Crippen LogP contribution in [0.2, 0.25) is 0 Å². The van der Waals surface area contributed by atoms with Crippen LogP contribution in [0.4, 0.5) is 0 Å². The molecule has 3 rings (SSSR count). The van der Waals surface area contributed by atoms with Crippen LogP contribution in [0.15, 0.2) is 35.5 Å². The summed E-state index contributed by atoms with van der Waals surface area (Å²) in [7, 11) is 0. The Kier molecular flexibility index (Phi) is 7.16. The van der Waals surface area contributed by atoms with Crippen LogP contribution in [0, 0.1) is 23.2 Å². The summed E-state index contributed by atoms with van der Waals surface area (Å²) < 4.78 is 0. The fraction of sp³-hybridized carbons (Fsp3) is 0.778. The van der Waals surface area contributed by atoms with E-state index in [1.165, 1.54) is 49.7 Å². The number of aliphatic hydroxyl groups excluding tert-OH is 1. The number of fused-ring (bicyclic) bond motifs is 1. The number of allylic oxidation sites excluding steroid dienone is 4. The molecule has 0 bridgehead atoms. The highest BCUT2D eigenvalue weighted by atomic mass is 16.3. The van der Waals surface area contributed by atoms with Crippen molar-refractivity contribution in [3.05, 3.63) is 35.5 Å². The molecular weight excluding hydrogens is 356 g/mol. The van der Waals surface area contributed by atoms with Gasteiger partial charge in [-0.3, -0.25) is 0 Å². The lowest BCUT2D eigenvalue weighted by atomic mass is 9.60. The topological polar surface area (TPSA) is 40.5 Å². The van der Waals surface area contributed by atoms with Crippen molar-refractivity contribution in [2.45, 2.75) is 110 Å². The number of hydrogen-bond acceptors (Lipinski definition) is 2. The zero-order valence-corrected chi connectivity index (χ0v) is 19.3. The van der Waals surface area contributed by atoms with Gasteiger partial charge in [0.2, 0.25) is 0 Å². The van der Waals surface area contributed by atoms with E-state index in [9.17, 15) is 10.2 Å². The minimum absolute atomic E-state index is 0.192. The zero-order valence-electron chi connectivity index (χ0n) is 19.3. The second-order valence-corrected chi connectivity index (χ2v) is 11.2. The lowest BCUT2D eigenvalue weighted by Crippen LogP contribution is -2.36. The van der Waals surface area contributed by atoms with E-state index in [1.807, 2.05) is 13.8 Å². The molecular formula is C27H44O2. The Morgan fingerprint density at radius 3 is 2.69 bits per heavy atom. The third kappa shape index (κ3) is 5.44. The largest absolute Gasteiger partial charge is 0.393 e. The summed E-state index contributed by atoms with van der Waals surface area (Å²) >= 11 is 0. The van der Waals surface area contributed by atoms with Gasteiger partial charge in [-0.15, -0.1) is 0 Å². The Labute approximate surface area is 179 Å². The molecule has 29 heavy (non-hydrogen) atoms. The molecule has 2 heteroatoms. The van der Waals surface area contributed by atoms with Gasteiger partial charge in [-0.2, -0.15) is 0 Å². The van der Waals surface area contributed by atoms with Crippen LogP contribution < -0.4 is 0 Å². The molecule has 0 radical (unpaired) electrons. The van der Waals surface area contributed by atoms with E-state index in [1.54, 1.807) is 5.57 Å². The van der Waals surface area contributed by atoms with Gasteiger partial charge in [0.05, 0.1) is 11.7 Å². The van der Waals surface area contributed by atoms with Gasteiger partial charge in [-0.05, 0) is 100 Å². The standard InChI is InChI=1S/C27H44O2/c1-19-10-13-23(28)18-22(19)12-11-21-9-7-17-27(5)24(14-15-25(21)27)20(2)8-6-16-26(3,4)29/h11-12,20,23-25,28-29H,1,6-10,13-18H2,2-5H3/b21-11-,22-12+/t20-,23-,24?,25?,27-/m1/s1. The highest BCUT2D eigenvalue weighted by molar-refractivity contribution is 5.36. The van der Waals surface area contributed by atoms with Gasteiger partial charge in [-0.1, -0.05) is 56.6 Å². The first-order valence-corrected chi connectivity index (χ1v) is 12.1. The molecule has 0 aromatic carbocycles. The highest BCUT2D eigenvalue weighted by Crippen LogP contribution is 2.60. The average molecular weight is 401 g/mol. The molecule has 0 amide bonds. The lowest BCUT2D eigenvalue weighted by molar-refractivity contribution is 0.0596. The molecule has 0 saturated heterocycles. The van der Waals surface area contributed by atoms with Gasteiger partial charge in [0.25, 0.3) is 0 Å². The van der Waals surface area contributed by atoms with Gasteiger partial charge >= 0.3 is 0 Å². The zero-order chi connectivity index (χ0) is 21.2. The first-order chi connectivity index (χ1) is 13.6. The van der Waals surface area contributed by atoms with Crippen molar-refractivity contribution in [2.24, 2.45) is 23.2 Å². The molecule has 0 aromatic rings. The van der Waals surface area contributed by atoms with E-state index in [0.29, 0.717) is 5.41 Å². The van der Waals surface area contributed by atoms with Crippen molar-refractivity contribution in [3.63, 3.8) is 0 Å². The van der Waals surface area contributed by atoms with E-state index < -0.39 is 5.60 Å². The van der Waals surface area contributed by atoms with Crippen molar-refractivity contribution in [3.8, 4) is 0 Å². The molecule has 2 unspecified atom stereocenters. The molecule has 3 saturated carbocycles. The monoisotopic (exact) mass is 400 g/mol. The van der Waals surface area contributed by atoms with Crippen molar-refractivity contribution >= 4 is 0 Å². The molecule has 3 aliphatic rings. The van der Waals surface area contributed by atoms with Crippen LogP contribution in [0.25, 0.3) is 0 Å². The Morgan fingerprint density at radius 1 is 1.21 bits per heavy atom. The van der Waals surface area contributed by atoms with E-state index >= 15 is 0 Å². The first-order valence-electron chi connectivity index (χ1n) is 12.1. The molecule has 5 atom stereocenters. The minimum atomic E-state index is -0.535. The van der Waals surface area contributed by atoms with Gasteiger partial charge < -0.3 is 10.2 Å². The van der Waals surface area contributed by atoms with Crippen LogP contribution in [-0.4, -0.2) is 21.9 Å². The number of aliphatic hydroxyl groups is 2. The van der Waals surface area contributed by atoms with Crippen molar-refractivity contribution in [2.75, 3.05) is 0 Å². The summed E-state index contributed by atoms with van der Waals surface area (Å²) in [6.45, 7) is 13.1. The molecule has 3 aliphatic carbocycles. The van der Waals surface area contributed by atoms with Crippen molar-refractivity contribution in [1.29, 1.82) is 0 Å². The second kappa shape index (κ2) is 9.10. The van der Waals surface area contributed by atoms with E-state index in [-0.39, 0.29) is 6.10 Å². The molecule has 0 aliphatic heterocycles. The van der Waals surface area contributed by atoms with Crippen LogP contribution in [0.1, 0.15) is 98.3 Å². The van der Waals surface area contributed by atoms with E-state index in [0.717, 1.165) is 49.9 Å². The fourth-order valence-corrected chi connectivity index (χ4v) is 6.67. The van der Waals surface area contributed by atoms with Gasteiger partial charge in [0.1, 0.15) is 0 Å². The van der Waals surface area contributed by atoms with Gasteiger partial charge in [0, 0.05) is 0 Å². The normalized spacial score (nSPS) is 37.2. The third-order valence-electron chi connectivity index (χ3n) is 8.36. The summed E-state index contributed by atoms with van der Waals surface area (Å²) in [4.78, 5) is 0. The van der Waals surface area contributed by atoms with Crippen LogP contribution in [0.3, 0.4) is 0 Å². The second-order valence-electron chi connectivity index (χ2n) is 11.2. The van der Waals surface area contributed by atoms with Crippen molar-refractivity contribution < 1.29 is 10.2 Å². The summed E-state index contributed by atoms with van der Waals surface area (Å²) in [5.74, 6) is 2.26. The predicted octanol–water partition coefficient (Wildman–Crippen LogP) is 6.73.